The summed E-state index contributed by atoms with van der Waals surface area (Å²) in [6.45, 7) is 6.04. The number of allylic oxidation sites excluding steroid dienone is 5. The Kier molecular flexibility index (Phi) is 8.58. The van der Waals surface area contributed by atoms with Gasteiger partial charge < -0.3 is 9.13 Å². The van der Waals surface area contributed by atoms with E-state index in [4.69, 9.17) is 0 Å². The van der Waals surface area contributed by atoms with Crippen molar-refractivity contribution in [3.63, 3.8) is 0 Å². The Balaban J connectivity index is 0.982. The first-order valence-corrected chi connectivity index (χ1v) is 19.6. The van der Waals surface area contributed by atoms with Crippen LogP contribution in [0, 0.1) is 0 Å². The molecule has 2 heteroatoms. The van der Waals surface area contributed by atoms with E-state index in [1.807, 2.05) is 6.08 Å². The maximum absolute atomic E-state index is 3.98. The molecule has 0 radical (unpaired) electrons. The molecular weight excluding hydrogens is 689 g/mol. The fraction of sp³-hybridized carbons (Fsp3) is 0.0182. The van der Waals surface area contributed by atoms with Gasteiger partial charge >= 0.3 is 0 Å². The topological polar surface area (TPSA) is 9.86 Å². The molecule has 0 atom stereocenters. The lowest BCUT2D eigenvalue weighted by molar-refractivity contribution is 1.18. The predicted molar refractivity (Wildman–Crippen MR) is 245 cm³/mol. The molecule has 0 unspecified atom stereocenters. The molecule has 2 heterocycles. The molecule has 0 N–H and O–H groups in total. The summed E-state index contributed by atoms with van der Waals surface area (Å²) in [5, 5.41) is 4.96. The van der Waals surface area contributed by atoms with Crippen molar-refractivity contribution in [1.29, 1.82) is 0 Å². The van der Waals surface area contributed by atoms with Crippen LogP contribution in [0.1, 0.15) is 6.92 Å². The molecule has 0 amide bonds. The highest BCUT2D eigenvalue weighted by atomic mass is 15.0. The number of rotatable bonds is 8. The molecule has 2 aromatic heterocycles. The van der Waals surface area contributed by atoms with Gasteiger partial charge in [-0.1, -0.05) is 158 Å². The molecule has 2 nitrogen and oxygen atoms in total. The predicted octanol–water partition coefficient (Wildman–Crippen LogP) is 15.2. The van der Waals surface area contributed by atoms with E-state index in [0.717, 1.165) is 11.4 Å². The molecule has 0 fully saturated rings. The molecule has 0 spiro atoms. The zero-order valence-corrected chi connectivity index (χ0v) is 31.8. The van der Waals surface area contributed by atoms with Crippen LogP contribution in [0.2, 0.25) is 0 Å². The quantitative estimate of drug-likeness (QED) is 0.138. The molecule has 10 aromatic rings. The van der Waals surface area contributed by atoms with Crippen LogP contribution in [0.4, 0.5) is 0 Å². The zero-order chi connectivity index (χ0) is 38.3. The van der Waals surface area contributed by atoms with Gasteiger partial charge in [0, 0.05) is 32.9 Å². The minimum atomic E-state index is 1.09. The van der Waals surface area contributed by atoms with Gasteiger partial charge in [0.2, 0.25) is 0 Å². The lowest BCUT2D eigenvalue weighted by Gasteiger charge is -2.11. The molecule has 0 saturated carbocycles. The van der Waals surface area contributed by atoms with Crippen molar-refractivity contribution in [2.45, 2.75) is 6.92 Å². The second-order valence-electron chi connectivity index (χ2n) is 14.6. The van der Waals surface area contributed by atoms with Gasteiger partial charge in [-0.15, -0.1) is 0 Å². The monoisotopic (exact) mass is 728 g/mol. The SMILES string of the molecule is C=C/C=C(\C=C/C)n1c2ccccc2c2cc(-c3ccc4c(c3)c3ccccc3n4-c3ccc(-c4ccc(-c5ccc(-c6ccccc6)cc5)cc4)cc3)ccc21. The van der Waals surface area contributed by atoms with E-state index >= 15 is 0 Å². The van der Waals surface area contributed by atoms with Gasteiger partial charge in [0.15, 0.2) is 0 Å². The number of nitrogens with zero attached hydrogens (tertiary/aromatic N) is 2. The van der Waals surface area contributed by atoms with Gasteiger partial charge in [-0.3, -0.25) is 0 Å². The second kappa shape index (κ2) is 14.3. The number of benzene rings is 8. The average Bonchev–Trinajstić information content (AvgIpc) is 3.79. The summed E-state index contributed by atoms with van der Waals surface area (Å²) in [7, 11) is 0. The standard InChI is InChI=1S/C55H40N2/c1-3-12-46(13-4-2)56-52-18-10-8-16-48(52)50-36-44(30-34-54(50)56)45-31-35-55-51(37-45)49-17-9-11-19-53(49)57(55)47-32-28-43(29-33-47)42-26-24-41(25-27-42)40-22-20-39(21-23-40)38-14-6-5-7-15-38/h3-37H,1H2,2H3/b13-4-,46-12+. The second-order valence-corrected chi connectivity index (χ2v) is 14.6. The molecule has 8 aromatic carbocycles. The fourth-order valence-corrected chi connectivity index (χ4v) is 8.50. The first-order valence-electron chi connectivity index (χ1n) is 19.6. The fourth-order valence-electron chi connectivity index (χ4n) is 8.50. The Morgan fingerprint density at radius 3 is 1.37 bits per heavy atom. The highest BCUT2D eigenvalue weighted by Crippen LogP contribution is 2.39. The lowest BCUT2D eigenvalue weighted by Crippen LogP contribution is -1.94. The van der Waals surface area contributed by atoms with Crippen LogP contribution in [0.25, 0.3) is 99.5 Å². The van der Waals surface area contributed by atoms with Crippen LogP contribution >= 0.6 is 0 Å². The molecule has 0 aliphatic rings. The van der Waals surface area contributed by atoms with Crippen LogP contribution in [0.3, 0.4) is 0 Å². The summed E-state index contributed by atoms with van der Waals surface area (Å²) in [5.74, 6) is 0. The Hall–Kier alpha value is -7.42. The van der Waals surface area contributed by atoms with E-state index in [1.54, 1.807) is 0 Å². The lowest BCUT2D eigenvalue weighted by atomic mass is 9.98. The number of hydrogen-bond donors (Lipinski definition) is 0. The Morgan fingerprint density at radius 2 is 0.807 bits per heavy atom. The van der Waals surface area contributed by atoms with Gasteiger partial charge in [-0.2, -0.15) is 0 Å². The summed E-state index contributed by atoms with van der Waals surface area (Å²) in [6.07, 6.45) is 8.15. The number of fused-ring (bicyclic) bond motifs is 6. The molecule has 0 aliphatic heterocycles. The van der Waals surface area contributed by atoms with Crippen LogP contribution in [-0.2, 0) is 0 Å². The van der Waals surface area contributed by atoms with Gasteiger partial charge in [0.25, 0.3) is 0 Å². The summed E-state index contributed by atoms with van der Waals surface area (Å²) >= 11 is 0. The summed E-state index contributed by atoms with van der Waals surface area (Å²) in [6, 6.07) is 68.4. The van der Waals surface area contributed by atoms with Crippen LogP contribution in [0.5, 0.6) is 0 Å². The molecule has 57 heavy (non-hydrogen) atoms. The smallest absolute Gasteiger partial charge is 0.0541 e. The maximum Gasteiger partial charge on any atom is 0.0541 e. The van der Waals surface area contributed by atoms with E-state index in [9.17, 15) is 0 Å². The third-order valence-electron chi connectivity index (χ3n) is 11.2. The Bertz CT molecular complexity index is 3150. The van der Waals surface area contributed by atoms with E-state index in [2.05, 4.69) is 229 Å². The van der Waals surface area contributed by atoms with E-state index in [1.165, 1.54) is 88.1 Å². The van der Waals surface area contributed by atoms with Crippen molar-refractivity contribution >= 4 is 49.3 Å². The van der Waals surface area contributed by atoms with E-state index in [-0.39, 0.29) is 0 Å². The minimum absolute atomic E-state index is 1.09. The third kappa shape index (κ3) is 6.00. The largest absolute Gasteiger partial charge is 0.309 e. The van der Waals surface area contributed by atoms with Crippen LogP contribution < -0.4 is 0 Å². The highest BCUT2D eigenvalue weighted by molar-refractivity contribution is 6.13. The van der Waals surface area contributed by atoms with Crippen LogP contribution in [0.15, 0.2) is 219 Å². The molecule has 0 bridgehead atoms. The van der Waals surface area contributed by atoms with Crippen molar-refractivity contribution in [2.24, 2.45) is 0 Å². The summed E-state index contributed by atoms with van der Waals surface area (Å²) < 4.78 is 4.73. The molecule has 10 rings (SSSR count). The number of aromatic nitrogens is 2. The van der Waals surface area contributed by atoms with Gasteiger partial charge in [0.05, 0.1) is 22.1 Å². The molecule has 270 valence electrons. The van der Waals surface area contributed by atoms with Crippen LogP contribution in [-0.4, -0.2) is 9.13 Å². The maximum atomic E-state index is 3.98. The first-order chi connectivity index (χ1) is 28.2. The minimum Gasteiger partial charge on any atom is -0.309 e. The van der Waals surface area contributed by atoms with E-state index in [0.29, 0.717) is 0 Å². The van der Waals surface area contributed by atoms with Gasteiger partial charge in [-0.05, 0) is 112 Å². The van der Waals surface area contributed by atoms with Gasteiger partial charge in [0.1, 0.15) is 0 Å². The average molecular weight is 729 g/mol. The highest BCUT2D eigenvalue weighted by Gasteiger charge is 2.16. The van der Waals surface area contributed by atoms with Crippen molar-refractivity contribution in [1.82, 2.24) is 9.13 Å². The Labute approximate surface area is 333 Å². The van der Waals surface area contributed by atoms with Crippen molar-refractivity contribution < 1.29 is 0 Å². The Morgan fingerprint density at radius 1 is 0.404 bits per heavy atom. The number of para-hydroxylation sites is 2. The molecule has 0 aliphatic carbocycles. The van der Waals surface area contributed by atoms with Gasteiger partial charge in [-0.25, -0.2) is 0 Å². The number of hydrogen-bond acceptors (Lipinski definition) is 0. The third-order valence-corrected chi connectivity index (χ3v) is 11.2. The summed E-state index contributed by atoms with van der Waals surface area (Å²) in [4.78, 5) is 0. The summed E-state index contributed by atoms with van der Waals surface area (Å²) in [5.41, 5.74) is 16.7. The molecular formula is C55H40N2. The first kappa shape index (κ1) is 34.1. The zero-order valence-electron chi connectivity index (χ0n) is 31.8. The van der Waals surface area contributed by atoms with Crippen molar-refractivity contribution in [3.8, 4) is 50.2 Å². The van der Waals surface area contributed by atoms with Crippen molar-refractivity contribution in [3.05, 3.63) is 219 Å². The van der Waals surface area contributed by atoms with Crippen molar-refractivity contribution in [2.75, 3.05) is 0 Å². The molecule has 0 saturated heterocycles. The normalized spacial score (nSPS) is 12.1. The van der Waals surface area contributed by atoms with E-state index < -0.39 is 0 Å².